The van der Waals surface area contributed by atoms with E-state index in [-0.39, 0.29) is 23.3 Å². The smallest absolute Gasteiger partial charge is 0.246 e. The van der Waals surface area contributed by atoms with Crippen LogP contribution in [0.4, 0.5) is 0 Å². The third kappa shape index (κ3) is 4.80. The number of nitrogens with one attached hydrogen (secondary N) is 1. The van der Waals surface area contributed by atoms with Gasteiger partial charge in [0.25, 0.3) is 0 Å². The standard InChI is InChI=1S/C17H25ClN2O3S.ClH/c1-19-15-6-3-9-20(11-15)24(21,22)17-10-14(18)7-8-16(17)23-12-13-4-2-5-13;/h7-8,10,13,15,19H,2-6,9,11-12H2,1H3;1H. The predicted octanol–water partition coefficient (Wildman–Crippen LogP) is 3.31. The van der Waals surface area contributed by atoms with Crippen LogP contribution >= 0.6 is 24.0 Å². The van der Waals surface area contributed by atoms with E-state index in [0.29, 0.717) is 36.4 Å². The van der Waals surface area contributed by atoms with Crippen molar-refractivity contribution in [1.29, 1.82) is 0 Å². The number of piperidine rings is 1. The highest BCUT2D eigenvalue weighted by molar-refractivity contribution is 7.89. The molecule has 0 spiro atoms. The van der Waals surface area contributed by atoms with Crippen molar-refractivity contribution in [2.75, 3.05) is 26.7 Å². The van der Waals surface area contributed by atoms with E-state index < -0.39 is 10.0 Å². The monoisotopic (exact) mass is 408 g/mol. The van der Waals surface area contributed by atoms with Gasteiger partial charge in [-0.3, -0.25) is 0 Å². The zero-order valence-corrected chi connectivity index (χ0v) is 16.8. The quantitative estimate of drug-likeness (QED) is 0.783. The zero-order chi connectivity index (χ0) is 17.2. The molecule has 1 aromatic rings. The summed E-state index contributed by atoms with van der Waals surface area (Å²) in [5.41, 5.74) is 0. The highest BCUT2D eigenvalue weighted by atomic mass is 35.5. The van der Waals surface area contributed by atoms with E-state index in [4.69, 9.17) is 16.3 Å². The van der Waals surface area contributed by atoms with Gasteiger partial charge in [0.1, 0.15) is 10.6 Å². The van der Waals surface area contributed by atoms with Crippen molar-refractivity contribution in [3.63, 3.8) is 0 Å². The second kappa shape index (κ2) is 8.91. The van der Waals surface area contributed by atoms with Crippen molar-refractivity contribution < 1.29 is 13.2 Å². The summed E-state index contributed by atoms with van der Waals surface area (Å²) in [6.07, 6.45) is 5.39. The third-order valence-electron chi connectivity index (χ3n) is 5.02. The maximum atomic E-state index is 13.1. The molecule has 5 nitrogen and oxygen atoms in total. The first kappa shape index (κ1) is 20.8. The van der Waals surface area contributed by atoms with Crippen LogP contribution in [-0.4, -0.2) is 45.5 Å². The first-order chi connectivity index (χ1) is 11.5. The second-order valence-electron chi connectivity index (χ2n) is 6.69. The van der Waals surface area contributed by atoms with Crippen molar-refractivity contribution in [2.24, 2.45) is 5.92 Å². The summed E-state index contributed by atoms with van der Waals surface area (Å²) in [6.45, 7) is 1.59. The Kier molecular flexibility index (Phi) is 7.40. The van der Waals surface area contributed by atoms with Gasteiger partial charge in [-0.25, -0.2) is 8.42 Å². The average molecular weight is 409 g/mol. The molecule has 1 saturated carbocycles. The molecule has 2 aliphatic rings. The minimum atomic E-state index is -3.61. The summed E-state index contributed by atoms with van der Waals surface area (Å²) in [6, 6.07) is 5.05. The number of likely N-dealkylation sites (N-methyl/N-ethyl adjacent to an activating group) is 1. The molecule has 2 fully saturated rings. The molecule has 25 heavy (non-hydrogen) atoms. The Morgan fingerprint density at radius 2 is 2.04 bits per heavy atom. The molecule has 1 N–H and O–H groups in total. The van der Waals surface area contributed by atoms with Gasteiger partial charge in [-0.1, -0.05) is 18.0 Å². The maximum Gasteiger partial charge on any atom is 0.246 e. The van der Waals surface area contributed by atoms with Gasteiger partial charge >= 0.3 is 0 Å². The Morgan fingerprint density at radius 3 is 2.68 bits per heavy atom. The van der Waals surface area contributed by atoms with Crippen molar-refractivity contribution in [2.45, 2.75) is 43.0 Å². The summed E-state index contributed by atoms with van der Waals surface area (Å²) in [5.74, 6) is 0.956. The minimum Gasteiger partial charge on any atom is -0.492 e. The summed E-state index contributed by atoms with van der Waals surface area (Å²) in [4.78, 5) is 0.186. The van der Waals surface area contributed by atoms with E-state index in [1.165, 1.54) is 12.5 Å². The van der Waals surface area contributed by atoms with Crippen LogP contribution in [0, 0.1) is 5.92 Å². The summed E-state index contributed by atoms with van der Waals surface area (Å²) in [7, 11) is -1.74. The van der Waals surface area contributed by atoms with Gasteiger partial charge in [-0.15, -0.1) is 12.4 Å². The molecule has 0 amide bonds. The number of sulfonamides is 1. The van der Waals surface area contributed by atoms with Crippen molar-refractivity contribution >= 4 is 34.0 Å². The molecule has 1 aliphatic heterocycles. The van der Waals surface area contributed by atoms with E-state index in [2.05, 4.69) is 5.32 Å². The SMILES string of the molecule is CNC1CCCN(S(=O)(=O)c2cc(Cl)ccc2OCC2CCC2)C1.Cl. The predicted molar refractivity (Wildman–Crippen MR) is 102 cm³/mol. The molecule has 1 heterocycles. The molecule has 142 valence electrons. The molecule has 3 rings (SSSR count). The molecule has 1 atom stereocenters. The van der Waals surface area contributed by atoms with Gasteiger partial charge in [0.05, 0.1) is 6.61 Å². The van der Waals surface area contributed by atoms with Gasteiger partial charge in [0.2, 0.25) is 10.0 Å². The van der Waals surface area contributed by atoms with Crippen LogP contribution < -0.4 is 10.1 Å². The summed E-state index contributed by atoms with van der Waals surface area (Å²) >= 11 is 6.07. The number of hydrogen-bond acceptors (Lipinski definition) is 4. The normalized spacial score (nSPS) is 22.1. The number of nitrogens with zero attached hydrogens (tertiary/aromatic N) is 1. The Balaban J connectivity index is 0.00000225. The fourth-order valence-corrected chi connectivity index (χ4v) is 5.12. The van der Waals surface area contributed by atoms with Crippen LogP contribution in [0.5, 0.6) is 5.75 Å². The molecular formula is C17H26Cl2N2O3S. The van der Waals surface area contributed by atoms with Crippen LogP contribution in [0.3, 0.4) is 0 Å². The maximum absolute atomic E-state index is 13.1. The molecule has 1 aliphatic carbocycles. The fourth-order valence-electron chi connectivity index (χ4n) is 3.21. The second-order valence-corrected chi connectivity index (χ2v) is 9.03. The van der Waals surface area contributed by atoms with E-state index in [9.17, 15) is 8.42 Å². The largest absolute Gasteiger partial charge is 0.492 e. The third-order valence-corrected chi connectivity index (χ3v) is 7.14. The molecule has 1 aromatic carbocycles. The average Bonchev–Trinajstić information content (AvgIpc) is 2.54. The summed E-state index contributed by atoms with van der Waals surface area (Å²) < 4.78 is 33.6. The highest BCUT2D eigenvalue weighted by Gasteiger charge is 2.32. The molecule has 1 unspecified atom stereocenters. The number of hydrogen-bond donors (Lipinski definition) is 1. The molecular weight excluding hydrogens is 383 g/mol. The number of halogens is 2. The Bertz CT molecular complexity index is 680. The number of rotatable bonds is 6. The van der Waals surface area contributed by atoms with Crippen LogP contribution in [0.25, 0.3) is 0 Å². The van der Waals surface area contributed by atoms with Gasteiger partial charge < -0.3 is 10.1 Å². The van der Waals surface area contributed by atoms with Crippen LogP contribution in [-0.2, 0) is 10.0 Å². The molecule has 0 bridgehead atoms. The zero-order valence-electron chi connectivity index (χ0n) is 14.4. The van der Waals surface area contributed by atoms with Crippen LogP contribution in [0.15, 0.2) is 23.1 Å². The van der Waals surface area contributed by atoms with E-state index >= 15 is 0 Å². The van der Waals surface area contributed by atoms with Crippen LogP contribution in [0.1, 0.15) is 32.1 Å². The van der Waals surface area contributed by atoms with Crippen molar-refractivity contribution in [1.82, 2.24) is 9.62 Å². The van der Waals surface area contributed by atoms with E-state index in [1.807, 2.05) is 7.05 Å². The summed E-state index contributed by atoms with van der Waals surface area (Å²) in [5, 5.41) is 3.58. The van der Waals surface area contributed by atoms with Crippen LogP contribution in [0.2, 0.25) is 5.02 Å². The van der Waals surface area contributed by atoms with Gasteiger partial charge in [-0.2, -0.15) is 4.31 Å². The minimum absolute atomic E-state index is 0. The Morgan fingerprint density at radius 1 is 1.28 bits per heavy atom. The lowest BCUT2D eigenvalue weighted by molar-refractivity contribution is 0.177. The molecule has 8 heteroatoms. The Hall–Kier alpha value is -0.530. The lowest BCUT2D eigenvalue weighted by Gasteiger charge is -2.32. The van der Waals surface area contributed by atoms with E-state index in [1.54, 1.807) is 16.4 Å². The van der Waals surface area contributed by atoms with Gasteiger partial charge in [0.15, 0.2) is 0 Å². The van der Waals surface area contributed by atoms with Crippen molar-refractivity contribution in [3.8, 4) is 5.75 Å². The fraction of sp³-hybridized carbons (Fsp3) is 0.647. The first-order valence-corrected chi connectivity index (χ1v) is 10.4. The number of benzene rings is 1. The lowest BCUT2D eigenvalue weighted by Crippen LogP contribution is -2.46. The first-order valence-electron chi connectivity index (χ1n) is 8.60. The topological polar surface area (TPSA) is 58.6 Å². The Labute approximate surface area is 161 Å². The highest BCUT2D eigenvalue weighted by Crippen LogP contribution is 2.33. The molecule has 1 saturated heterocycles. The van der Waals surface area contributed by atoms with E-state index in [0.717, 1.165) is 25.7 Å². The van der Waals surface area contributed by atoms with Gasteiger partial charge in [0, 0.05) is 24.2 Å². The van der Waals surface area contributed by atoms with Crippen molar-refractivity contribution in [3.05, 3.63) is 23.2 Å². The van der Waals surface area contributed by atoms with Gasteiger partial charge in [-0.05, 0) is 56.8 Å². The lowest BCUT2D eigenvalue weighted by atomic mass is 9.86. The molecule has 0 radical (unpaired) electrons. The number of ether oxygens (including phenoxy) is 1. The molecule has 0 aromatic heterocycles.